The molecule has 0 bridgehead atoms. The fraction of sp³-hybridized carbons (Fsp3) is 0.462. The van der Waals surface area contributed by atoms with E-state index >= 15 is 0 Å². The van der Waals surface area contributed by atoms with Gasteiger partial charge in [0.15, 0.2) is 0 Å². The van der Waals surface area contributed by atoms with Crippen LogP contribution in [0.15, 0.2) is 36.4 Å². The topological polar surface area (TPSA) is 59.1 Å². The minimum atomic E-state index is -0.192. The summed E-state index contributed by atoms with van der Waals surface area (Å²) in [6.07, 6.45) is 1.41. The summed E-state index contributed by atoms with van der Waals surface area (Å²) < 4.78 is 11.3. The van der Waals surface area contributed by atoms with Gasteiger partial charge in [-0.1, -0.05) is 24.3 Å². The first kappa shape index (κ1) is 21.2. The highest BCUT2D eigenvalue weighted by molar-refractivity contribution is 5.95. The van der Waals surface area contributed by atoms with Gasteiger partial charge in [-0.3, -0.25) is 0 Å². The van der Waals surface area contributed by atoms with Crippen LogP contribution in [0.1, 0.15) is 68.0 Å². The van der Waals surface area contributed by atoms with Crippen molar-refractivity contribution in [2.24, 2.45) is 0 Å². The van der Waals surface area contributed by atoms with Crippen molar-refractivity contribution in [1.29, 1.82) is 0 Å². The van der Waals surface area contributed by atoms with Crippen molar-refractivity contribution >= 4 is 11.9 Å². The molecule has 2 atom stereocenters. The fourth-order valence-corrected chi connectivity index (χ4v) is 5.32. The average Bonchev–Trinajstić information content (AvgIpc) is 3.30. The van der Waals surface area contributed by atoms with Gasteiger partial charge < -0.3 is 19.3 Å². The van der Waals surface area contributed by atoms with Crippen LogP contribution in [0.4, 0.5) is 0 Å². The van der Waals surface area contributed by atoms with Crippen LogP contribution in [0.25, 0.3) is 0 Å². The zero-order valence-corrected chi connectivity index (χ0v) is 18.8. The molecule has 3 heterocycles. The number of hydrogen-bond acceptors (Lipinski definition) is 6. The maximum Gasteiger partial charge on any atom is 0.339 e. The van der Waals surface area contributed by atoms with Crippen molar-refractivity contribution in [2.75, 3.05) is 39.3 Å². The van der Waals surface area contributed by atoms with E-state index in [0.717, 1.165) is 85.5 Å². The lowest BCUT2D eigenvalue weighted by Gasteiger charge is -2.35. The van der Waals surface area contributed by atoms with Crippen LogP contribution in [0.2, 0.25) is 0 Å². The molecule has 0 N–H and O–H groups in total. The van der Waals surface area contributed by atoms with Gasteiger partial charge in [-0.25, -0.2) is 9.59 Å². The van der Waals surface area contributed by atoms with Gasteiger partial charge in [-0.05, 0) is 37.1 Å². The minimum absolute atomic E-state index is 0.128. The molecule has 6 nitrogen and oxygen atoms in total. The van der Waals surface area contributed by atoms with Crippen molar-refractivity contribution in [3.63, 3.8) is 0 Å². The maximum absolute atomic E-state index is 12.1. The van der Waals surface area contributed by atoms with E-state index in [-0.39, 0.29) is 24.1 Å². The predicted molar refractivity (Wildman–Crippen MR) is 121 cm³/mol. The first-order chi connectivity index (χ1) is 15.5. The molecule has 1 saturated heterocycles. The minimum Gasteiger partial charge on any atom is -0.454 e. The second kappa shape index (κ2) is 8.68. The molecule has 0 aliphatic carbocycles. The van der Waals surface area contributed by atoms with Gasteiger partial charge >= 0.3 is 11.9 Å². The Morgan fingerprint density at radius 1 is 0.719 bits per heavy atom. The number of hydrogen-bond donors (Lipinski definition) is 0. The smallest absolute Gasteiger partial charge is 0.339 e. The van der Waals surface area contributed by atoms with Crippen LogP contribution < -0.4 is 0 Å². The monoisotopic (exact) mass is 434 g/mol. The molecule has 0 amide bonds. The third-order valence-corrected chi connectivity index (χ3v) is 7.11. The summed E-state index contributed by atoms with van der Waals surface area (Å²) in [6, 6.07) is 11.7. The molecular formula is C26H30N2O4. The molecule has 1 fully saturated rings. The predicted octanol–water partition coefficient (Wildman–Crippen LogP) is 3.82. The number of cyclic esters (lactones) is 2. The largest absolute Gasteiger partial charge is 0.454 e. The van der Waals surface area contributed by atoms with E-state index in [0.29, 0.717) is 0 Å². The van der Waals surface area contributed by atoms with E-state index in [1.54, 1.807) is 0 Å². The van der Waals surface area contributed by atoms with Crippen LogP contribution in [0.3, 0.4) is 0 Å². The van der Waals surface area contributed by atoms with Crippen LogP contribution in [0, 0.1) is 13.8 Å². The molecule has 0 aromatic heterocycles. The number of carbonyl (C=O) groups is 2. The van der Waals surface area contributed by atoms with Gasteiger partial charge in [0, 0.05) is 63.2 Å². The summed E-state index contributed by atoms with van der Waals surface area (Å²) >= 11 is 0. The fourth-order valence-electron chi connectivity index (χ4n) is 5.32. The van der Waals surface area contributed by atoms with E-state index in [4.69, 9.17) is 9.47 Å². The maximum atomic E-state index is 12.1. The number of ether oxygens (including phenoxy) is 2. The van der Waals surface area contributed by atoms with E-state index in [1.807, 2.05) is 50.2 Å². The molecule has 0 saturated carbocycles. The molecule has 2 aromatic carbocycles. The molecule has 5 rings (SSSR count). The van der Waals surface area contributed by atoms with Crippen molar-refractivity contribution in [3.05, 3.63) is 69.8 Å². The van der Waals surface area contributed by atoms with E-state index < -0.39 is 0 Å². The quantitative estimate of drug-likeness (QED) is 0.644. The van der Waals surface area contributed by atoms with Gasteiger partial charge in [0.1, 0.15) is 12.2 Å². The Hall–Kier alpha value is -2.70. The SMILES string of the molecule is Cc1cccc2c1C(CCN1CCN(CCC3OC(=O)c4cccc(C)c43)CC1)OC2=O. The number of nitrogens with zero attached hydrogens (tertiary/aromatic N) is 2. The van der Waals surface area contributed by atoms with E-state index in [9.17, 15) is 9.59 Å². The number of fused-ring (bicyclic) bond motifs is 2. The number of carbonyl (C=O) groups excluding carboxylic acids is 2. The van der Waals surface area contributed by atoms with Crippen LogP contribution in [-0.2, 0) is 9.47 Å². The number of rotatable bonds is 6. The van der Waals surface area contributed by atoms with Gasteiger partial charge in [-0.2, -0.15) is 0 Å². The first-order valence-electron chi connectivity index (χ1n) is 11.6. The van der Waals surface area contributed by atoms with Crippen LogP contribution in [0.5, 0.6) is 0 Å². The molecule has 3 aliphatic heterocycles. The lowest BCUT2D eigenvalue weighted by atomic mass is 9.97. The molecule has 168 valence electrons. The summed E-state index contributed by atoms with van der Waals surface area (Å²) in [4.78, 5) is 29.2. The van der Waals surface area contributed by atoms with Crippen molar-refractivity contribution in [3.8, 4) is 0 Å². The number of esters is 2. The molecule has 0 radical (unpaired) electrons. The van der Waals surface area contributed by atoms with Crippen LogP contribution >= 0.6 is 0 Å². The Bertz CT molecular complexity index is 959. The summed E-state index contributed by atoms with van der Waals surface area (Å²) in [5.74, 6) is -0.383. The zero-order valence-electron chi connectivity index (χ0n) is 18.8. The molecular weight excluding hydrogens is 404 g/mol. The Balaban J connectivity index is 1.10. The first-order valence-corrected chi connectivity index (χ1v) is 11.6. The third kappa shape index (κ3) is 3.93. The number of piperazine rings is 1. The van der Waals surface area contributed by atoms with E-state index in [1.165, 1.54) is 0 Å². The summed E-state index contributed by atoms with van der Waals surface area (Å²) in [7, 11) is 0. The normalized spacial score (nSPS) is 23.1. The Morgan fingerprint density at radius 2 is 1.12 bits per heavy atom. The lowest BCUT2D eigenvalue weighted by Crippen LogP contribution is -2.47. The lowest BCUT2D eigenvalue weighted by molar-refractivity contribution is 0.0283. The number of benzene rings is 2. The Kier molecular flexibility index (Phi) is 5.74. The zero-order chi connectivity index (χ0) is 22.2. The molecule has 2 aromatic rings. The van der Waals surface area contributed by atoms with Crippen molar-refractivity contribution in [2.45, 2.75) is 38.9 Å². The van der Waals surface area contributed by atoms with Gasteiger partial charge in [0.2, 0.25) is 0 Å². The van der Waals surface area contributed by atoms with Gasteiger partial charge in [0.05, 0.1) is 11.1 Å². The van der Waals surface area contributed by atoms with Crippen LogP contribution in [-0.4, -0.2) is 61.0 Å². The van der Waals surface area contributed by atoms with Crippen molar-refractivity contribution < 1.29 is 19.1 Å². The molecule has 6 heteroatoms. The van der Waals surface area contributed by atoms with Gasteiger partial charge in [0.25, 0.3) is 0 Å². The average molecular weight is 435 g/mol. The highest BCUT2D eigenvalue weighted by atomic mass is 16.6. The van der Waals surface area contributed by atoms with E-state index in [2.05, 4.69) is 9.80 Å². The Morgan fingerprint density at radius 3 is 1.53 bits per heavy atom. The second-order valence-electron chi connectivity index (χ2n) is 9.12. The third-order valence-electron chi connectivity index (χ3n) is 7.11. The summed E-state index contributed by atoms with van der Waals surface area (Å²) in [5.41, 5.74) is 5.85. The van der Waals surface area contributed by atoms with Gasteiger partial charge in [-0.15, -0.1) is 0 Å². The molecule has 3 aliphatic rings. The molecule has 2 unspecified atom stereocenters. The highest BCUT2D eigenvalue weighted by Crippen LogP contribution is 2.36. The summed E-state index contributed by atoms with van der Waals surface area (Å²) in [5, 5.41) is 0. The summed E-state index contributed by atoms with van der Waals surface area (Å²) in [6.45, 7) is 9.95. The Labute approximate surface area is 189 Å². The second-order valence-corrected chi connectivity index (χ2v) is 9.12. The standard InChI is InChI=1S/C26H30N2O4/c1-17-5-3-7-19-23(17)21(31-25(19)29)9-11-27-13-15-28(16-14-27)12-10-22-24-18(2)6-4-8-20(24)26(30)32-22/h3-8,21-22H,9-16H2,1-2H3. The van der Waals surface area contributed by atoms with Crippen molar-refractivity contribution in [1.82, 2.24) is 9.80 Å². The number of aryl methyl sites for hydroxylation is 2. The molecule has 0 spiro atoms. The molecule has 32 heavy (non-hydrogen) atoms. The highest BCUT2D eigenvalue weighted by Gasteiger charge is 2.34.